The van der Waals surface area contributed by atoms with Crippen molar-refractivity contribution in [1.82, 2.24) is 10.2 Å². The highest BCUT2D eigenvalue weighted by Gasteiger charge is 2.08. The molecule has 0 atom stereocenters. The molecule has 2 aromatic rings. The van der Waals surface area contributed by atoms with Crippen LogP contribution in [0.4, 0.5) is 0 Å². The molecule has 4 nitrogen and oxygen atoms in total. The first kappa shape index (κ1) is 11.2. The summed E-state index contributed by atoms with van der Waals surface area (Å²) < 4.78 is 5.33. The summed E-state index contributed by atoms with van der Waals surface area (Å²) in [6.45, 7) is 4.33. The summed E-state index contributed by atoms with van der Waals surface area (Å²) in [7, 11) is 0. The molecule has 2 N–H and O–H groups in total. The van der Waals surface area contributed by atoms with Gasteiger partial charge in [0.15, 0.2) is 0 Å². The Hall–Kier alpha value is -1.33. The lowest BCUT2D eigenvalue weighted by atomic mass is 10.1. The van der Waals surface area contributed by atoms with Gasteiger partial charge < -0.3 is 10.2 Å². The van der Waals surface area contributed by atoms with Gasteiger partial charge in [-0.05, 0) is 35.9 Å². The summed E-state index contributed by atoms with van der Waals surface area (Å²) in [4.78, 5) is 1.08. The second-order valence-electron chi connectivity index (χ2n) is 3.50. The van der Waals surface area contributed by atoms with Crippen LogP contribution in [0.5, 0.6) is 0 Å². The fourth-order valence-corrected chi connectivity index (χ4v) is 2.30. The van der Waals surface area contributed by atoms with Gasteiger partial charge in [0, 0.05) is 18.4 Å². The van der Waals surface area contributed by atoms with E-state index >= 15 is 0 Å². The Morgan fingerprint density at radius 2 is 2.12 bits per heavy atom. The highest BCUT2D eigenvalue weighted by molar-refractivity contribution is 7.99. The number of hydrogen-bond acceptors (Lipinski definition) is 5. The second kappa shape index (κ2) is 4.67. The van der Waals surface area contributed by atoms with Crippen molar-refractivity contribution < 1.29 is 4.42 Å². The third-order valence-electron chi connectivity index (χ3n) is 2.15. The van der Waals surface area contributed by atoms with Crippen LogP contribution in [0.15, 0.2) is 32.7 Å². The van der Waals surface area contributed by atoms with Crippen LogP contribution >= 0.6 is 11.8 Å². The number of hydrogen-bond donors (Lipinski definition) is 1. The van der Waals surface area contributed by atoms with Gasteiger partial charge in [0.2, 0.25) is 5.89 Å². The molecular weight excluding hydrogens is 222 g/mol. The van der Waals surface area contributed by atoms with Crippen molar-refractivity contribution in [2.45, 2.75) is 30.5 Å². The second-order valence-corrected chi connectivity index (χ2v) is 4.50. The van der Waals surface area contributed by atoms with E-state index in [1.165, 1.54) is 17.3 Å². The number of nitrogens with zero attached hydrogens (tertiary/aromatic N) is 2. The Balaban J connectivity index is 2.29. The van der Waals surface area contributed by atoms with Crippen molar-refractivity contribution in [2.24, 2.45) is 5.73 Å². The Kier molecular flexibility index (Phi) is 3.26. The lowest BCUT2D eigenvalue weighted by Gasteiger charge is -2.05. The summed E-state index contributed by atoms with van der Waals surface area (Å²) >= 11 is 1.45. The summed E-state index contributed by atoms with van der Waals surface area (Å²) in [5.74, 6) is 0.574. The number of aryl methyl sites for hydroxylation is 2. The van der Waals surface area contributed by atoms with Crippen molar-refractivity contribution in [1.29, 1.82) is 0 Å². The summed E-state index contributed by atoms with van der Waals surface area (Å²) in [6, 6.07) is 6.15. The molecule has 1 aromatic heterocycles. The highest BCUT2D eigenvalue weighted by Crippen LogP contribution is 2.30. The van der Waals surface area contributed by atoms with Crippen molar-refractivity contribution in [2.75, 3.05) is 0 Å². The van der Waals surface area contributed by atoms with Gasteiger partial charge in [-0.25, -0.2) is 0 Å². The number of rotatable bonds is 3. The van der Waals surface area contributed by atoms with Crippen molar-refractivity contribution in [3.05, 3.63) is 35.2 Å². The molecule has 1 heterocycles. The predicted octanol–water partition coefficient (Wildman–Crippen LogP) is 2.30. The Bertz CT molecular complexity index is 496. The zero-order chi connectivity index (χ0) is 11.5. The molecule has 5 heteroatoms. The normalized spacial score (nSPS) is 10.7. The Morgan fingerprint density at radius 3 is 2.75 bits per heavy atom. The first-order chi connectivity index (χ1) is 7.69. The van der Waals surface area contributed by atoms with Gasteiger partial charge in [0.1, 0.15) is 0 Å². The molecule has 0 unspecified atom stereocenters. The average molecular weight is 235 g/mol. The monoisotopic (exact) mass is 235 g/mol. The molecule has 84 valence electrons. The van der Waals surface area contributed by atoms with Crippen LogP contribution < -0.4 is 5.73 Å². The largest absolute Gasteiger partial charge is 0.416 e. The lowest BCUT2D eigenvalue weighted by molar-refractivity contribution is 0.429. The number of benzene rings is 1. The van der Waals surface area contributed by atoms with Gasteiger partial charge in [0.05, 0.1) is 0 Å². The van der Waals surface area contributed by atoms with Crippen LogP contribution in [-0.2, 0) is 6.54 Å². The molecule has 1 aromatic carbocycles. The molecule has 0 aliphatic rings. The maximum absolute atomic E-state index is 5.68. The van der Waals surface area contributed by atoms with Gasteiger partial charge in [-0.15, -0.1) is 10.2 Å². The molecule has 0 radical (unpaired) electrons. The molecular formula is C11H13N3OS. The SMILES string of the molecule is Cc1ccc(CN)c(Sc2nnc(C)o2)c1. The average Bonchev–Trinajstić information content (AvgIpc) is 2.64. The molecule has 0 aliphatic carbocycles. The van der Waals surface area contributed by atoms with Crippen LogP contribution in [0.25, 0.3) is 0 Å². The Labute approximate surface area is 98.2 Å². The van der Waals surface area contributed by atoms with Crippen molar-refractivity contribution >= 4 is 11.8 Å². The summed E-state index contributed by atoms with van der Waals surface area (Å²) in [5, 5.41) is 8.30. The summed E-state index contributed by atoms with van der Waals surface area (Å²) in [5.41, 5.74) is 7.96. The minimum atomic E-state index is 0.510. The maximum atomic E-state index is 5.68. The smallest absolute Gasteiger partial charge is 0.281 e. The topological polar surface area (TPSA) is 64.9 Å². The van der Waals surface area contributed by atoms with Gasteiger partial charge >= 0.3 is 0 Å². The van der Waals surface area contributed by atoms with E-state index in [0.717, 1.165) is 10.5 Å². The molecule has 0 spiro atoms. The first-order valence-electron chi connectivity index (χ1n) is 4.96. The summed E-state index contributed by atoms with van der Waals surface area (Å²) in [6.07, 6.45) is 0. The molecule has 0 saturated heterocycles. The fourth-order valence-electron chi connectivity index (χ4n) is 1.34. The van der Waals surface area contributed by atoms with E-state index in [1.807, 2.05) is 19.1 Å². The van der Waals surface area contributed by atoms with Gasteiger partial charge in [-0.2, -0.15) is 0 Å². The van der Waals surface area contributed by atoms with Gasteiger partial charge in [-0.3, -0.25) is 0 Å². The van der Waals surface area contributed by atoms with Crippen molar-refractivity contribution in [3.63, 3.8) is 0 Å². The minimum absolute atomic E-state index is 0.510. The van der Waals surface area contributed by atoms with E-state index in [2.05, 4.69) is 16.3 Å². The van der Waals surface area contributed by atoms with E-state index in [0.29, 0.717) is 17.7 Å². The molecule has 0 saturated carbocycles. The number of aromatic nitrogens is 2. The van der Waals surface area contributed by atoms with E-state index in [4.69, 9.17) is 10.2 Å². The molecule has 16 heavy (non-hydrogen) atoms. The maximum Gasteiger partial charge on any atom is 0.281 e. The quantitative estimate of drug-likeness (QED) is 0.884. The third kappa shape index (κ3) is 2.43. The molecule has 0 aliphatic heterocycles. The van der Waals surface area contributed by atoms with Crippen LogP contribution in [-0.4, -0.2) is 10.2 Å². The first-order valence-corrected chi connectivity index (χ1v) is 5.78. The van der Waals surface area contributed by atoms with E-state index < -0.39 is 0 Å². The molecule has 0 bridgehead atoms. The van der Waals surface area contributed by atoms with Crippen LogP contribution in [0.1, 0.15) is 17.0 Å². The van der Waals surface area contributed by atoms with Gasteiger partial charge in [0.25, 0.3) is 5.22 Å². The Morgan fingerprint density at radius 1 is 1.31 bits per heavy atom. The molecule has 0 fully saturated rings. The number of nitrogens with two attached hydrogens (primary N) is 1. The van der Waals surface area contributed by atoms with Crippen molar-refractivity contribution in [3.8, 4) is 0 Å². The zero-order valence-corrected chi connectivity index (χ0v) is 10.0. The highest BCUT2D eigenvalue weighted by atomic mass is 32.2. The van der Waals surface area contributed by atoms with Crippen LogP contribution in [0, 0.1) is 13.8 Å². The standard InChI is InChI=1S/C11H13N3OS/c1-7-3-4-9(6-12)10(5-7)16-11-14-13-8(2)15-11/h3-5H,6,12H2,1-2H3. The minimum Gasteiger partial charge on any atom is -0.416 e. The fraction of sp³-hybridized carbons (Fsp3) is 0.273. The third-order valence-corrected chi connectivity index (χ3v) is 3.09. The van der Waals surface area contributed by atoms with E-state index in [-0.39, 0.29) is 0 Å². The lowest BCUT2D eigenvalue weighted by Crippen LogP contribution is -1.98. The zero-order valence-electron chi connectivity index (χ0n) is 9.23. The van der Waals surface area contributed by atoms with Crippen LogP contribution in [0.3, 0.4) is 0 Å². The van der Waals surface area contributed by atoms with E-state index in [1.54, 1.807) is 6.92 Å². The molecule has 2 rings (SSSR count). The van der Waals surface area contributed by atoms with Crippen LogP contribution in [0.2, 0.25) is 0 Å². The van der Waals surface area contributed by atoms with Gasteiger partial charge in [-0.1, -0.05) is 12.1 Å². The predicted molar refractivity (Wildman–Crippen MR) is 62.2 cm³/mol. The molecule has 0 amide bonds. The van der Waals surface area contributed by atoms with E-state index in [9.17, 15) is 0 Å².